The summed E-state index contributed by atoms with van der Waals surface area (Å²) in [5.41, 5.74) is 0.774. The van der Waals surface area contributed by atoms with E-state index >= 15 is 0 Å². The summed E-state index contributed by atoms with van der Waals surface area (Å²) in [5, 5.41) is 17.7. The monoisotopic (exact) mass is 222 g/mol. The Labute approximate surface area is 96.6 Å². The van der Waals surface area contributed by atoms with Crippen molar-refractivity contribution in [1.82, 2.24) is 9.97 Å². The normalized spacial score (nSPS) is 9.29. The lowest BCUT2D eigenvalue weighted by Gasteiger charge is -2.01. The highest BCUT2D eigenvalue weighted by molar-refractivity contribution is 5.66. The molecule has 0 saturated carbocycles. The number of H-pyrrole nitrogens is 1. The number of hydrogen-bond acceptors (Lipinski definition) is 4. The van der Waals surface area contributed by atoms with E-state index in [0.29, 0.717) is 11.1 Å². The van der Waals surface area contributed by atoms with Crippen molar-refractivity contribution in [2.45, 2.75) is 0 Å². The highest BCUT2D eigenvalue weighted by Gasteiger charge is 2.10. The first kappa shape index (κ1) is 10.6. The van der Waals surface area contributed by atoms with E-state index in [4.69, 9.17) is 10.5 Å². The SMILES string of the molecule is N#Cc1cccc(-c2nc[nH]c(=O)c2C#N)c1. The van der Waals surface area contributed by atoms with Crippen LogP contribution in [0.2, 0.25) is 0 Å². The van der Waals surface area contributed by atoms with Crippen LogP contribution in [0.15, 0.2) is 35.4 Å². The Bertz CT molecular complexity index is 703. The first-order chi connectivity index (χ1) is 8.26. The van der Waals surface area contributed by atoms with Gasteiger partial charge in [0.05, 0.1) is 23.7 Å². The zero-order valence-electron chi connectivity index (χ0n) is 8.64. The number of rotatable bonds is 1. The first-order valence-electron chi connectivity index (χ1n) is 4.74. The Balaban J connectivity index is 2.70. The minimum atomic E-state index is -0.486. The van der Waals surface area contributed by atoms with Crippen LogP contribution in [-0.4, -0.2) is 9.97 Å². The van der Waals surface area contributed by atoms with Crippen molar-refractivity contribution in [2.75, 3.05) is 0 Å². The quantitative estimate of drug-likeness (QED) is 0.783. The van der Waals surface area contributed by atoms with Gasteiger partial charge < -0.3 is 4.98 Å². The fraction of sp³-hybridized carbons (Fsp3) is 0. The van der Waals surface area contributed by atoms with Gasteiger partial charge in [-0.2, -0.15) is 10.5 Å². The Morgan fingerprint density at radius 2 is 2.06 bits per heavy atom. The van der Waals surface area contributed by atoms with Crippen LogP contribution in [0, 0.1) is 22.7 Å². The summed E-state index contributed by atoms with van der Waals surface area (Å²) in [5.74, 6) is 0. The molecule has 5 heteroatoms. The molecule has 0 bridgehead atoms. The van der Waals surface area contributed by atoms with Gasteiger partial charge in [0.25, 0.3) is 5.56 Å². The molecule has 80 valence electrons. The second-order valence-corrected chi connectivity index (χ2v) is 3.26. The van der Waals surface area contributed by atoms with Crippen molar-refractivity contribution < 1.29 is 0 Å². The topological polar surface area (TPSA) is 93.3 Å². The summed E-state index contributed by atoms with van der Waals surface area (Å²) in [7, 11) is 0. The molecule has 0 aliphatic carbocycles. The summed E-state index contributed by atoms with van der Waals surface area (Å²) >= 11 is 0. The molecule has 0 saturated heterocycles. The van der Waals surface area contributed by atoms with Gasteiger partial charge in [-0.3, -0.25) is 4.79 Å². The minimum Gasteiger partial charge on any atom is -0.312 e. The molecule has 0 aliphatic rings. The molecule has 0 atom stereocenters. The molecule has 1 N–H and O–H groups in total. The molecule has 0 radical (unpaired) electrons. The van der Waals surface area contributed by atoms with Crippen LogP contribution in [0.3, 0.4) is 0 Å². The van der Waals surface area contributed by atoms with Gasteiger partial charge >= 0.3 is 0 Å². The number of aromatic amines is 1. The van der Waals surface area contributed by atoms with Crippen LogP contribution >= 0.6 is 0 Å². The van der Waals surface area contributed by atoms with Gasteiger partial charge in [-0.05, 0) is 12.1 Å². The van der Waals surface area contributed by atoms with Crippen molar-refractivity contribution >= 4 is 0 Å². The fourth-order valence-electron chi connectivity index (χ4n) is 1.46. The molecule has 0 aliphatic heterocycles. The zero-order chi connectivity index (χ0) is 12.3. The molecular weight excluding hydrogens is 216 g/mol. The van der Waals surface area contributed by atoms with Gasteiger partial charge in [-0.25, -0.2) is 4.98 Å². The first-order valence-corrected chi connectivity index (χ1v) is 4.74. The van der Waals surface area contributed by atoms with Crippen molar-refractivity contribution in [1.29, 1.82) is 10.5 Å². The molecule has 0 unspecified atom stereocenters. The lowest BCUT2D eigenvalue weighted by atomic mass is 10.1. The molecule has 0 fully saturated rings. The lowest BCUT2D eigenvalue weighted by Crippen LogP contribution is -2.12. The van der Waals surface area contributed by atoms with Crippen LogP contribution in [0.5, 0.6) is 0 Å². The van der Waals surface area contributed by atoms with Crippen LogP contribution in [0.25, 0.3) is 11.3 Å². The van der Waals surface area contributed by atoms with Crippen molar-refractivity contribution in [3.05, 3.63) is 52.1 Å². The fourth-order valence-corrected chi connectivity index (χ4v) is 1.46. The second-order valence-electron chi connectivity index (χ2n) is 3.26. The number of nitrogens with zero attached hydrogens (tertiary/aromatic N) is 3. The average molecular weight is 222 g/mol. The molecule has 5 nitrogen and oxygen atoms in total. The van der Waals surface area contributed by atoms with Crippen LogP contribution in [0.1, 0.15) is 11.1 Å². The van der Waals surface area contributed by atoms with Crippen LogP contribution in [0.4, 0.5) is 0 Å². The number of hydrogen-bond donors (Lipinski definition) is 1. The predicted molar refractivity (Wildman–Crippen MR) is 59.7 cm³/mol. The molecule has 2 rings (SSSR count). The number of nitrogens with one attached hydrogen (secondary N) is 1. The molecule has 2 aromatic rings. The largest absolute Gasteiger partial charge is 0.312 e. The van der Waals surface area contributed by atoms with Crippen molar-refractivity contribution in [3.63, 3.8) is 0 Å². The molecule has 1 aromatic heterocycles. The summed E-state index contributed by atoms with van der Waals surface area (Å²) in [6, 6.07) is 10.4. The van der Waals surface area contributed by atoms with E-state index in [0.717, 1.165) is 0 Å². The van der Waals surface area contributed by atoms with E-state index in [-0.39, 0.29) is 11.3 Å². The van der Waals surface area contributed by atoms with Crippen molar-refractivity contribution in [3.8, 4) is 23.4 Å². The van der Waals surface area contributed by atoms with E-state index in [9.17, 15) is 4.79 Å². The maximum absolute atomic E-state index is 11.4. The van der Waals surface area contributed by atoms with E-state index in [1.807, 2.05) is 12.1 Å². The van der Waals surface area contributed by atoms with Gasteiger partial charge in [0.2, 0.25) is 0 Å². The third kappa shape index (κ3) is 1.90. The van der Waals surface area contributed by atoms with Gasteiger partial charge in [0, 0.05) is 5.56 Å². The summed E-state index contributed by atoms with van der Waals surface area (Å²) in [4.78, 5) is 17.7. The summed E-state index contributed by atoms with van der Waals surface area (Å²) < 4.78 is 0. The Hall–Kier alpha value is -2.92. The van der Waals surface area contributed by atoms with E-state index in [2.05, 4.69) is 9.97 Å². The maximum Gasteiger partial charge on any atom is 0.269 e. The van der Waals surface area contributed by atoms with Gasteiger partial charge in [-0.15, -0.1) is 0 Å². The summed E-state index contributed by atoms with van der Waals surface area (Å²) in [6.07, 6.45) is 1.23. The highest BCUT2D eigenvalue weighted by atomic mass is 16.1. The zero-order valence-corrected chi connectivity index (χ0v) is 8.64. The third-order valence-electron chi connectivity index (χ3n) is 2.23. The van der Waals surface area contributed by atoms with Crippen LogP contribution in [-0.2, 0) is 0 Å². The minimum absolute atomic E-state index is 0.0532. The van der Waals surface area contributed by atoms with Crippen LogP contribution < -0.4 is 5.56 Å². The van der Waals surface area contributed by atoms with Gasteiger partial charge in [0.15, 0.2) is 0 Å². The van der Waals surface area contributed by atoms with Gasteiger partial charge in [-0.1, -0.05) is 12.1 Å². The smallest absolute Gasteiger partial charge is 0.269 e. The van der Waals surface area contributed by atoms with E-state index in [1.165, 1.54) is 6.33 Å². The Kier molecular flexibility index (Phi) is 2.68. The Morgan fingerprint density at radius 3 is 2.76 bits per heavy atom. The molecule has 0 spiro atoms. The highest BCUT2D eigenvalue weighted by Crippen LogP contribution is 2.19. The number of benzene rings is 1. The molecular formula is C12H6N4O. The standard InChI is InChI=1S/C12H6N4O/c13-5-8-2-1-3-9(4-8)11-10(6-14)12(17)16-7-15-11/h1-4,7H,(H,15,16,17). The Morgan fingerprint density at radius 1 is 1.24 bits per heavy atom. The summed E-state index contributed by atoms with van der Waals surface area (Å²) in [6.45, 7) is 0. The third-order valence-corrected chi connectivity index (χ3v) is 2.23. The lowest BCUT2D eigenvalue weighted by molar-refractivity contribution is 1.11. The number of aromatic nitrogens is 2. The molecule has 0 amide bonds. The molecule has 17 heavy (non-hydrogen) atoms. The van der Waals surface area contributed by atoms with E-state index < -0.39 is 5.56 Å². The predicted octanol–water partition coefficient (Wildman–Crippen LogP) is 1.18. The molecule has 1 heterocycles. The van der Waals surface area contributed by atoms with Crippen molar-refractivity contribution in [2.24, 2.45) is 0 Å². The second kappa shape index (κ2) is 4.30. The maximum atomic E-state index is 11.4. The van der Waals surface area contributed by atoms with Gasteiger partial charge in [0.1, 0.15) is 11.6 Å². The van der Waals surface area contributed by atoms with E-state index in [1.54, 1.807) is 24.3 Å². The molecule has 1 aromatic carbocycles. The average Bonchev–Trinajstić information content (AvgIpc) is 2.38. The number of nitriles is 2.